The number of allylic oxidation sites excluding steroid dienone is 1. The van der Waals surface area contributed by atoms with Crippen molar-refractivity contribution in [3.63, 3.8) is 0 Å². The molecule has 2 aliphatic carbocycles. The van der Waals surface area contributed by atoms with Crippen LogP contribution in [0.5, 0.6) is 0 Å². The molecule has 1 saturated carbocycles. The van der Waals surface area contributed by atoms with Crippen LogP contribution in [0.15, 0.2) is 34.2 Å². The number of Topliss-reactive ketones (excluding diaryl/α,β-unsaturated/α-hetero) is 1. The lowest BCUT2D eigenvalue weighted by Crippen LogP contribution is -2.56. The maximum absolute atomic E-state index is 13.4. The summed E-state index contributed by atoms with van der Waals surface area (Å²) in [6, 6.07) is 1.90. The van der Waals surface area contributed by atoms with Crippen LogP contribution in [0.2, 0.25) is 0 Å². The molecular formula is C20H28O3. The van der Waals surface area contributed by atoms with Crippen molar-refractivity contribution in [1.82, 2.24) is 0 Å². The monoisotopic (exact) mass is 316 g/mol. The maximum atomic E-state index is 13.4. The lowest BCUT2D eigenvalue weighted by Gasteiger charge is -2.55. The first-order chi connectivity index (χ1) is 10.8. The molecular weight excluding hydrogens is 288 g/mol. The van der Waals surface area contributed by atoms with Crippen molar-refractivity contribution in [1.29, 1.82) is 0 Å². The van der Waals surface area contributed by atoms with E-state index >= 15 is 0 Å². The molecule has 23 heavy (non-hydrogen) atoms. The van der Waals surface area contributed by atoms with Crippen LogP contribution in [0.3, 0.4) is 0 Å². The molecule has 3 unspecified atom stereocenters. The average molecular weight is 316 g/mol. The summed E-state index contributed by atoms with van der Waals surface area (Å²) >= 11 is 0. The Balaban J connectivity index is 2.09. The summed E-state index contributed by atoms with van der Waals surface area (Å²) in [4.78, 5) is 13.4. The highest BCUT2D eigenvalue weighted by Crippen LogP contribution is 2.57. The zero-order chi connectivity index (χ0) is 16.8. The minimum atomic E-state index is -0.514. The third-order valence-electron chi connectivity index (χ3n) is 6.24. The van der Waals surface area contributed by atoms with Gasteiger partial charge in [0.25, 0.3) is 0 Å². The van der Waals surface area contributed by atoms with E-state index in [1.807, 2.05) is 13.0 Å². The fraction of sp³-hybridized carbons (Fsp3) is 0.650. The van der Waals surface area contributed by atoms with E-state index in [1.165, 1.54) is 0 Å². The van der Waals surface area contributed by atoms with Crippen molar-refractivity contribution >= 4 is 5.78 Å². The van der Waals surface area contributed by atoms with Gasteiger partial charge < -0.3 is 9.52 Å². The van der Waals surface area contributed by atoms with Crippen molar-refractivity contribution in [3.8, 4) is 0 Å². The summed E-state index contributed by atoms with van der Waals surface area (Å²) in [5.74, 6) is 0.262. The summed E-state index contributed by atoms with van der Waals surface area (Å²) < 4.78 is 5.16. The maximum Gasteiger partial charge on any atom is 0.165 e. The Hall–Kier alpha value is -1.35. The molecule has 3 rings (SSSR count). The minimum Gasteiger partial charge on any atom is -0.472 e. The highest BCUT2D eigenvalue weighted by molar-refractivity contribution is 6.02. The molecule has 0 saturated heterocycles. The Morgan fingerprint density at radius 3 is 2.65 bits per heavy atom. The van der Waals surface area contributed by atoms with Gasteiger partial charge in [0.05, 0.1) is 18.6 Å². The lowest BCUT2D eigenvalue weighted by molar-refractivity contribution is -0.144. The topological polar surface area (TPSA) is 50.4 Å². The van der Waals surface area contributed by atoms with E-state index < -0.39 is 11.5 Å². The molecule has 126 valence electrons. The minimum absolute atomic E-state index is 0.0103. The quantitative estimate of drug-likeness (QED) is 0.904. The number of aliphatic hydroxyl groups is 1. The number of aliphatic hydroxyl groups excluding tert-OH is 1. The summed E-state index contributed by atoms with van der Waals surface area (Å²) in [6.07, 6.45) is 7.12. The Bertz CT molecular complexity index is 623. The predicted molar refractivity (Wildman–Crippen MR) is 90.0 cm³/mol. The summed E-state index contributed by atoms with van der Waals surface area (Å²) in [5, 5.41) is 11.1. The number of furan rings is 1. The summed E-state index contributed by atoms with van der Waals surface area (Å²) in [6.45, 7) is 8.53. The smallest absolute Gasteiger partial charge is 0.165 e. The van der Waals surface area contributed by atoms with Crippen LogP contribution in [0.4, 0.5) is 0 Å². The average Bonchev–Trinajstić information content (AvgIpc) is 2.97. The van der Waals surface area contributed by atoms with Crippen LogP contribution in [-0.4, -0.2) is 17.0 Å². The van der Waals surface area contributed by atoms with Crippen LogP contribution in [0, 0.1) is 16.7 Å². The molecule has 3 nitrogen and oxygen atoms in total. The summed E-state index contributed by atoms with van der Waals surface area (Å²) in [5.41, 5.74) is 2.30. The van der Waals surface area contributed by atoms with E-state index in [0.29, 0.717) is 6.42 Å². The number of hydrogen-bond donors (Lipinski definition) is 1. The second-order valence-corrected chi connectivity index (χ2v) is 8.18. The van der Waals surface area contributed by atoms with Crippen LogP contribution in [-0.2, 0) is 11.2 Å². The van der Waals surface area contributed by atoms with Crippen LogP contribution in [0.25, 0.3) is 0 Å². The number of rotatable bonds is 3. The number of hydrogen-bond acceptors (Lipinski definition) is 3. The third-order valence-corrected chi connectivity index (χ3v) is 6.24. The molecule has 0 bridgehead atoms. The number of carbonyl (C=O) groups excluding carboxylic acids is 1. The van der Waals surface area contributed by atoms with Gasteiger partial charge in [-0.3, -0.25) is 4.79 Å². The van der Waals surface area contributed by atoms with Crippen LogP contribution in [0.1, 0.15) is 58.9 Å². The fourth-order valence-corrected chi connectivity index (χ4v) is 5.20. The highest BCUT2D eigenvalue weighted by atomic mass is 16.3. The first-order valence-electron chi connectivity index (χ1n) is 8.77. The second kappa shape index (κ2) is 5.62. The Morgan fingerprint density at radius 1 is 1.30 bits per heavy atom. The molecule has 0 aliphatic heterocycles. The third kappa shape index (κ3) is 2.50. The van der Waals surface area contributed by atoms with E-state index in [-0.39, 0.29) is 17.1 Å². The van der Waals surface area contributed by atoms with Crippen molar-refractivity contribution in [2.24, 2.45) is 16.7 Å². The van der Waals surface area contributed by atoms with E-state index in [1.54, 1.807) is 12.5 Å². The first-order valence-corrected chi connectivity index (χ1v) is 8.77. The molecule has 2 aliphatic rings. The predicted octanol–water partition coefficient (Wildman–Crippen LogP) is 4.30. The summed E-state index contributed by atoms with van der Waals surface area (Å²) in [7, 11) is 0. The largest absolute Gasteiger partial charge is 0.472 e. The molecule has 0 spiro atoms. The van der Waals surface area contributed by atoms with E-state index in [4.69, 9.17) is 4.42 Å². The fourth-order valence-electron chi connectivity index (χ4n) is 5.20. The molecule has 0 aromatic carbocycles. The molecule has 1 aromatic rings. The SMILES string of the molecule is CCC1=C(Cc2ccoc2)C(=O)C2(C)CCCC(C)(C)C2C1O. The van der Waals surface area contributed by atoms with Gasteiger partial charge in [-0.05, 0) is 41.9 Å². The normalized spacial score (nSPS) is 33.7. The lowest BCUT2D eigenvalue weighted by atomic mass is 9.49. The van der Waals surface area contributed by atoms with E-state index in [0.717, 1.165) is 42.4 Å². The molecule has 0 radical (unpaired) electrons. The highest BCUT2D eigenvalue weighted by Gasteiger charge is 2.57. The van der Waals surface area contributed by atoms with Gasteiger partial charge in [-0.15, -0.1) is 0 Å². The van der Waals surface area contributed by atoms with Crippen molar-refractivity contribution in [2.45, 2.75) is 65.9 Å². The molecule has 3 heteroatoms. The molecule has 1 aromatic heterocycles. The van der Waals surface area contributed by atoms with E-state index in [2.05, 4.69) is 20.8 Å². The van der Waals surface area contributed by atoms with Crippen molar-refractivity contribution in [2.75, 3.05) is 0 Å². The molecule has 0 amide bonds. The second-order valence-electron chi connectivity index (χ2n) is 8.18. The van der Waals surface area contributed by atoms with Crippen molar-refractivity contribution in [3.05, 3.63) is 35.3 Å². The molecule has 3 atom stereocenters. The Morgan fingerprint density at radius 2 is 2.04 bits per heavy atom. The zero-order valence-electron chi connectivity index (χ0n) is 14.7. The Labute approximate surface area is 138 Å². The van der Waals surface area contributed by atoms with Gasteiger partial charge in [0.15, 0.2) is 5.78 Å². The van der Waals surface area contributed by atoms with Gasteiger partial charge in [0.2, 0.25) is 0 Å². The zero-order valence-corrected chi connectivity index (χ0v) is 14.7. The van der Waals surface area contributed by atoms with Gasteiger partial charge in [0, 0.05) is 23.3 Å². The number of fused-ring (bicyclic) bond motifs is 1. The van der Waals surface area contributed by atoms with Gasteiger partial charge in [-0.1, -0.05) is 34.1 Å². The van der Waals surface area contributed by atoms with Gasteiger partial charge in [-0.25, -0.2) is 0 Å². The van der Waals surface area contributed by atoms with Crippen LogP contribution >= 0.6 is 0 Å². The van der Waals surface area contributed by atoms with Gasteiger partial charge >= 0.3 is 0 Å². The van der Waals surface area contributed by atoms with Crippen molar-refractivity contribution < 1.29 is 14.3 Å². The van der Waals surface area contributed by atoms with Gasteiger partial charge in [-0.2, -0.15) is 0 Å². The first kappa shape index (κ1) is 16.5. The number of carbonyl (C=O) groups is 1. The van der Waals surface area contributed by atoms with E-state index in [9.17, 15) is 9.90 Å². The molecule has 1 fully saturated rings. The molecule has 1 heterocycles. The Kier molecular flexibility index (Phi) is 4.04. The number of ketones is 1. The van der Waals surface area contributed by atoms with Crippen LogP contribution < -0.4 is 0 Å². The standard InChI is InChI=1S/C20H28O3/c1-5-14-15(11-13-7-10-23-12-13)18(22)20(4)9-6-8-19(2,3)17(20)16(14)21/h7,10,12,16-17,21H,5-6,8-9,11H2,1-4H3. The van der Waals surface area contributed by atoms with Gasteiger partial charge in [0.1, 0.15) is 0 Å². The molecule has 1 N–H and O–H groups in total.